The Hall–Kier alpha value is -0.830. The van der Waals surface area contributed by atoms with E-state index in [2.05, 4.69) is 35.1 Å². The zero-order chi connectivity index (χ0) is 11.4. The summed E-state index contributed by atoms with van der Waals surface area (Å²) in [5.74, 6) is 0.438. The summed E-state index contributed by atoms with van der Waals surface area (Å²) in [6, 6.07) is 7.56. The Morgan fingerprint density at radius 2 is 1.73 bits per heavy atom. The summed E-state index contributed by atoms with van der Waals surface area (Å²) >= 11 is 3.34. The zero-order valence-electron chi connectivity index (χ0n) is 9.25. The number of amides is 1. The van der Waals surface area contributed by atoms with Gasteiger partial charge in [-0.2, -0.15) is 0 Å². The van der Waals surface area contributed by atoms with E-state index >= 15 is 0 Å². The van der Waals surface area contributed by atoms with Crippen molar-refractivity contribution in [3.63, 3.8) is 0 Å². The molecule has 0 aliphatic heterocycles. The van der Waals surface area contributed by atoms with Crippen LogP contribution in [0.25, 0.3) is 0 Å². The molecule has 0 radical (unpaired) electrons. The van der Waals surface area contributed by atoms with Crippen molar-refractivity contribution in [3.05, 3.63) is 34.3 Å². The van der Waals surface area contributed by atoms with Crippen LogP contribution >= 0.6 is 15.9 Å². The molecule has 0 aliphatic carbocycles. The molecule has 1 amide bonds. The molecule has 0 fully saturated rings. The molecule has 2 nitrogen and oxygen atoms in total. The van der Waals surface area contributed by atoms with Crippen LogP contribution in [0.4, 0.5) is 0 Å². The van der Waals surface area contributed by atoms with E-state index in [1.807, 2.05) is 31.2 Å². The van der Waals surface area contributed by atoms with Gasteiger partial charge in [0.2, 0.25) is 0 Å². The number of halogens is 1. The number of rotatable bonds is 3. The lowest BCUT2D eigenvalue weighted by atomic mass is 10.1. The predicted octanol–water partition coefficient (Wildman–Crippen LogP) is 3.22. The van der Waals surface area contributed by atoms with Crippen molar-refractivity contribution in [1.82, 2.24) is 5.32 Å². The Morgan fingerprint density at radius 3 is 2.20 bits per heavy atom. The van der Waals surface area contributed by atoms with E-state index in [9.17, 15) is 4.79 Å². The van der Waals surface area contributed by atoms with Crippen molar-refractivity contribution >= 4 is 21.8 Å². The minimum atomic E-state index is -0.0105. The minimum absolute atomic E-state index is 0.0105. The molecule has 1 atom stereocenters. The molecule has 0 aliphatic rings. The lowest BCUT2D eigenvalue weighted by Crippen LogP contribution is -2.36. The van der Waals surface area contributed by atoms with Gasteiger partial charge in [0, 0.05) is 16.1 Å². The summed E-state index contributed by atoms with van der Waals surface area (Å²) in [6.07, 6.45) is 0. The van der Waals surface area contributed by atoms with Crippen LogP contribution in [0.2, 0.25) is 0 Å². The third-order valence-electron chi connectivity index (χ3n) is 2.47. The van der Waals surface area contributed by atoms with Crippen LogP contribution < -0.4 is 5.32 Å². The lowest BCUT2D eigenvalue weighted by Gasteiger charge is -2.17. The van der Waals surface area contributed by atoms with Crippen LogP contribution in [-0.4, -0.2) is 11.9 Å². The third kappa shape index (κ3) is 3.67. The van der Waals surface area contributed by atoms with Gasteiger partial charge in [-0.3, -0.25) is 4.79 Å². The molecule has 1 aromatic rings. The Morgan fingerprint density at radius 1 is 1.20 bits per heavy atom. The van der Waals surface area contributed by atoms with Crippen LogP contribution in [0.5, 0.6) is 0 Å². The van der Waals surface area contributed by atoms with Gasteiger partial charge in [0.05, 0.1) is 0 Å². The quantitative estimate of drug-likeness (QED) is 0.897. The topological polar surface area (TPSA) is 29.1 Å². The first-order valence-corrected chi connectivity index (χ1v) is 5.86. The highest BCUT2D eigenvalue weighted by Crippen LogP contribution is 2.11. The molecular formula is C12H16BrNO. The lowest BCUT2D eigenvalue weighted by molar-refractivity contribution is 0.0930. The van der Waals surface area contributed by atoms with Gasteiger partial charge >= 0.3 is 0 Å². The molecule has 0 saturated carbocycles. The van der Waals surface area contributed by atoms with Gasteiger partial charge < -0.3 is 5.32 Å². The molecule has 1 aromatic carbocycles. The summed E-state index contributed by atoms with van der Waals surface area (Å²) in [4.78, 5) is 11.7. The molecule has 15 heavy (non-hydrogen) atoms. The van der Waals surface area contributed by atoms with Crippen LogP contribution in [0.15, 0.2) is 28.7 Å². The number of carbonyl (C=O) groups is 1. The highest BCUT2D eigenvalue weighted by Gasteiger charge is 2.11. The van der Waals surface area contributed by atoms with Crippen LogP contribution in [0.3, 0.4) is 0 Å². The molecule has 82 valence electrons. The molecule has 0 bridgehead atoms. The van der Waals surface area contributed by atoms with Gasteiger partial charge in [-0.05, 0) is 37.1 Å². The second-order valence-corrected chi connectivity index (χ2v) is 4.93. The summed E-state index contributed by atoms with van der Waals surface area (Å²) in [7, 11) is 0. The van der Waals surface area contributed by atoms with Crippen molar-refractivity contribution < 1.29 is 4.79 Å². The maximum absolute atomic E-state index is 11.7. The SMILES string of the molecule is CC(C)[C@H](C)NC(=O)c1ccc(Br)cc1. The summed E-state index contributed by atoms with van der Waals surface area (Å²) < 4.78 is 0.982. The average molecular weight is 270 g/mol. The number of benzene rings is 1. The van der Waals surface area contributed by atoms with Gasteiger partial charge in [-0.15, -0.1) is 0 Å². The van der Waals surface area contributed by atoms with E-state index in [4.69, 9.17) is 0 Å². The summed E-state index contributed by atoms with van der Waals surface area (Å²) in [5, 5.41) is 2.96. The fourth-order valence-electron chi connectivity index (χ4n) is 1.06. The van der Waals surface area contributed by atoms with Crippen molar-refractivity contribution in [2.45, 2.75) is 26.8 Å². The molecule has 0 spiro atoms. The predicted molar refractivity (Wildman–Crippen MR) is 65.9 cm³/mol. The zero-order valence-corrected chi connectivity index (χ0v) is 10.8. The van der Waals surface area contributed by atoms with Crippen molar-refractivity contribution in [3.8, 4) is 0 Å². The highest BCUT2D eigenvalue weighted by atomic mass is 79.9. The molecular weight excluding hydrogens is 254 g/mol. The summed E-state index contributed by atoms with van der Waals surface area (Å²) in [5.41, 5.74) is 0.700. The summed E-state index contributed by atoms with van der Waals surface area (Å²) in [6.45, 7) is 6.19. The van der Waals surface area contributed by atoms with Gasteiger partial charge in [0.25, 0.3) is 5.91 Å². The first kappa shape index (κ1) is 12.2. The van der Waals surface area contributed by atoms with Gasteiger partial charge in [-0.1, -0.05) is 29.8 Å². The van der Waals surface area contributed by atoms with Gasteiger partial charge in [0.1, 0.15) is 0 Å². The molecule has 0 heterocycles. The Kier molecular flexibility index (Phi) is 4.33. The maximum atomic E-state index is 11.7. The monoisotopic (exact) mass is 269 g/mol. The van der Waals surface area contributed by atoms with E-state index in [0.29, 0.717) is 11.5 Å². The molecule has 3 heteroatoms. The molecule has 0 aromatic heterocycles. The average Bonchev–Trinajstić information content (AvgIpc) is 2.18. The van der Waals surface area contributed by atoms with E-state index < -0.39 is 0 Å². The van der Waals surface area contributed by atoms with Gasteiger partial charge in [-0.25, -0.2) is 0 Å². The molecule has 1 rings (SSSR count). The van der Waals surface area contributed by atoms with Crippen LogP contribution in [-0.2, 0) is 0 Å². The Bertz CT molecular complexity index is 332. The smallest absolute Gasteiger partial charge is 0.251 e. The molecule has 0 saturated heterocycles. The molecule has 1 N–H and O–H groups in total. The minimum Gasteiger partial charge on any atom is -0.349 e. The van der Waals surface area contributed by atoms with E-state index in [1.165, 1.54) is 0 Å². The van der Waals surface area contributed by atoms with E-state index in [0.717, 1.165) is 4.47 Å². The fraction of sp³-hybridized carbons (Fsp3) is 0.417. The normalized spacial score (nSPS) is 12.6. The second kappa shape index (κ2) is 5.31. The number of carbonyl (C=O) groups excluding carboxylic acids is 1. The van der Waals surface area contributed by atoms with E-state index in [-0.39, 0.29) is 11.9 Å². The van der Waals surface area contributed by atoms with E-state index in [1.54, 1.807) is 0 Å². The highest BCUT2D eigenvalue weighted by molar-refractivity contribution is 9.10. The first-order valence-electron chi connectivity index (χ1n) is 5.07. The Labute approximate surface area is 99.2 Å². The number of nitrogens with one attached hydrogen (secondary N) is 1. The third-order valence-corrected chi connectivity index (χ3v) is 2.99. The van der Waals surface area contributed by atoms with Gasteiger partial charge in [0.15, 0.2) is 0 Å². The van der Waals surface area contributed by atoms with Crippen molar-refractivity contribution in [1.29, 1.82) is 0 Å². The molecule has 0 unspecified atom stereocenters. The number of hydrogen-bond acceptors (Lipinski definition) is 1. The Balaban J connectivity index is 2.65. The number of hydrogen-bond donors (Lipinski definition) is 1. The fourth-order valence-corrected chi connectivity index (χ4v) is 1.32. The maximum Gasteiger partial charge on any atom is 0.251 e. The van der Waals surface area contributed by atoms with Crippen molar-refractivity contribution in [2.75, 3.05) is 0 Å². The standard InChI is InChI=1S/C12H16BrNO/c1-8(2)9(3)14-12(15)10-4-6-11(13)7-5-10/h4-9H,1-3H3,(H,14,15)/t9-/m0/s1. The largest absolute Gasteiger partial charge is 0.349 e. The van der Waals surface area contributed by atoms with Crippen LogP contribution in [0, 0.1) is 5.92 Å². The van der Waals surface area contributed by atoms with Crippen molar-refractivity contribution in [2.24, 2.45) is 5.92 Å². The van der Waals surface area contributed by atoms with Crippen LogP contribution in [0.1, 0.15) is 31.1 Å². The first-order chi connectivity index (χ1) is 7.00. The second-order valence-electron chi connectivity index (χ2n) is 4.01.